The van der Waals surface area contributed by atoms with Gasteiger partial charge in [-0.25, -0.2) is 4.98 Å². The maximum atomic E-state index is 12.9. The minimum atomic E-state index is 0.123. The van der Waals surface area contributed by atoms with E-state index in [0.29, 0.717) is 0 Å². The Morgan fingerprint density at radius 2 is 1.88 bits per heavy atom. The zero-order valence-corrected chi connectivity index (χ0v) is 15.2. The highest BCUT2D eigenvalue weighted by atomic mass is 16.2. The van der Waals surface area contributed by atoms with E-state index in [2.05, 4.69) is 35.9 Å². The Morgan fingerprint density at radius 1 is 1.12 bits per heavy atom. The first kappa shape index (κ1) is 17.5. The molecule has 1 atom stereocenters. The molecule has 1 aliphatic rings. The van der Waals surface area contributed by atoms with E-state index in [1.165, 1.54) is 0 Å². The third kappa shape index (κ3) is 3.84. The lowest BCUT2D eigenvalue weighted by Crippen LogP contribution is -2.38. The second-order valence-electron chi connectivity index (χ2n) is 6.50. The van der Waals surface area contributed by atoms with Crippen LogP contribution in [-0.2, 0) is 0 Å². The lowest BCUT2D eigenvalue weighted by molar-refractivity contribution is 0.0611. The molecule has 0 saturated carbocycles. The Hall–Kier alpha value is -2.36. The number of amides is 1. The Kier molecular flexibility index (Phi) is 5.69. The van der Waals surface area contributed by atoms with Crippen LogP contribution in [-0.4, -0.2) is 35.4 Å². The third-order valence-corrected chi connectivity index (χ3v) is 5.03. The van der Waals surface area contributed by atoms with Crippen LogP contribution in [0.15, 0.2) is 48.7 Å². The number of anilines is 1. The predicted octanol–water partition coefficient (Wildman–Crippen LogP) is 4.30. The molecule has 0 aliphatic carbocycles. The second kappa shape index (κ2) is 8.15. The van der Waals surface area contributed by atoms with E-state index >= 15 is 0 Å². The number of carbonyl (C=O) groups excluding carboxylic acids is 1. The number of rotatable bonds is 5. The van der Waals surface area contributed by atoms with Crippen molar-refractivity contribution < 1.29 is 4.79 Å². The molecule has 1 fully saturated rings. The van der Waals surface area contributed by atoms with E-state index < -0.39 is 0 Å². The standard InChI is InChI=1S/C21H27N3O/c1-3-23(4-2)20-14-13-18(16-22-20)19-12-8-9-15-24(19)21(25)17-10-6-5-7-11-17/h5-7,10-11,13-14,16,19H,3-4,8-9,12,15H2,1-2H3/t19-/m1/s1. The largest absolute Gasteiger partial charge is 0.357 e. The van der Waals surface area contributed by atoms with Crippen molar-refractivity contribution >= 4 is 11.7 Å². The van der Waals surface area contributed by atoms with Crippen LogP contribution in [0.1, 0.15) is 55.1 Å². The lowest BCUT2D eigenvalue weighted by atomic mass is 9.95. The summed E-state index contributed by atoms with van der Waals surface area (Å²) in [6, 6.07) is 13.9. The average molecular weight is 337 g/mol. The maximum Gasteiger partial charge on any atom is 0.254 e. The molecule has 2 aromatic rings. The van der Waals surface area contributed by atoms with Gasteiger partial charge >= 0.3 is 0 Å². The van der Waals surface area contributed by atoms with Crippen molar-refractivity contribution in [1.29, 1.82) is 0 Å². The molecule has 1 saturated heterocycles. The van der Waals surface area contributed by atoms with E-state index in [-0.39, 0.29) is 11.9 Å². The molecular formula is C21H27N3O. The van der Waals surface area contributed by atoms with Crippen molar-refractivity contribution in [3.63, 3.8) is 0 Å². The molecule has 4 heteroatoms. The molecule has 1 aromatic heterocycles. The Morgan fingerprint density at radius 3 is 2.52 bits per heavy atom. The number of aromatic nitrogens is 1. The Labute approximate surface area is 150 Å². The first-order valence-corrected chi connectivity index (χ1v) is 9.31. The molecule has 3 rings (SSSR count). The van der Waals surface area contributed by atoms with Crippen LogP contribution < -0.4 is 4.90 Å². The van der Waals surface area contributed by atoms with Gasteiger partial charge in [0.05, 0.1) is 6.04 Å². The van der Waals surface area contributed by atoms with Crippen LogP contribution in [0.5, 0.6) is 0 Å². The molecular weight excluding hydrogens is 310 g/mol. The van der Waals surface area contributed by atoms with Crippen molar-refractivity contribution in [1.82, 2.24) is 9.88 Å². The highest BCUT2D eigenvalue weighted by Crippen LogP contribution is 2.32. The van der Waals surface area contributed by atoms with Crippen molar-refractivity contribution in [2.24, 2.45) is 0 Å². The van der Waals surface area contributed by atoms with Crippen LogP contribution in [0.4, 0.5) is 5.82 Å². The molecule has 0 N–H and O–H groups in total. The number of benzene rings is 1. The summed E-state index contributed by atoms with van der Waals surface area (Å²) in [4.78, 5) is 21.9. The van der Waals surface area contributed by atoms with Crippen LogP contribution in [0.3, 0.4) is 0 Å². The van der Waals surface area contributed by atoms with E-state index in [1.54, 1.807) is 0 Å². The number of carbonyl (C=O) groups is 1. The topological polar surface area (TPSA) is 36.4 Å². The highest BCUT2D eigenvalue weighted by molar-refractivity contribution is 5.94. The van der Waals surface area contributed by atoms with E-state index in [1.807, 2.05) is 41.4 Å². The van der Waals surface area contributed by atoms with E-state index in [9.17, 15) is 4.79 Å². The van der Waals surface area contributed by atoms with Crippen LogP contribution in [0, 0.1) is 0 Å². The van der Waals surface area contributed by atoms with Crippen molar-refractivity contribution in [2.45, 2.75) is 39.2 Å². The highest BCUT2D eigenvalue weighted by Gasteiger charge is 2.28. The lowest BCUT2D eigenvalue weighted by Gasteiger charge is -2.36. The number of piperidine rings is 1. The van der Waals surface area contributed by atoms with Gasteiger partial charge in [-0.2, -0.15) is 0 Å². The van der Waals surface area contributed by atoms with Crippen LogP contribution in [0.25, 0.3) is 0 Å². The summed E-state index contributed by atoms with van der Waals surface area (Å²) in [5.74, 6) is 1.13. The van der Waals surface area contributed by atoms with Crippen molar-refractivity contribution in [3.05, 3.63) is 59.8 Å². The number of hydrogen-bond donors (Lipinski definition) is 0. The van der Waals surface area contributed by atoms with Gasteiger partial charge in [-0.05, 0) is 56.9 Å². The summed E-state index contributed by atoms with van der Waals surface area (Å²) in [7, 11) is 0. The fourth-order valence-electron chi connectivity index (χ4n) is 3.60. The second-order valence-corrected chi connectivity index (χ2v) is 6.50. The zero-order chi connectivity index (χ0) is 17.6. The molecule has 0 unspecified atom stereocenters. The molecule has 0 spiro atoms. The molecule has 0 radical (unpaired) electrons. The first-order valence-electron chi connectivity index (χ1n) is 9.31. The molecule has 0 bridgehead atoms. The number of pyridine rings is 1. The molecule has 1 aliphatic heterocycles. The smallest absolute Gasteiger partial charge is 0.254 e. The molecule has 25 heavy (non-hydrogen) atoms. The quantitative estimate of drug-likeness (QED) is 0.816. The molecule has 2 heterocycles. The minimum absolute atomic E-state index is 0.123. The Balaban J connectivity index is 1.82. The summed E-state index contributed by atoms with van der Waals surface area (Å²) in [6.45, 7) is 6.99. The van der Waals surface area contributed by atoms with Gasteiger partial charge in [0.25, 0.3) is 5.91 Å². The molecule has 132 valence electrons. The van der Waals surface area contributed by atoms with Gasteiger partial charge in [0.15, 0.2) is 0 Å². The van der Waals surface area contributed by atoms with Gasteiger partial charge in [-0.1, -0.05) is 24.3 Å². The summed E-state index contributed by atoms with van der Waals surface area (Å²) < 4.78 is 0. The van der Waals surface area contributed by atoms with Crippen molar-refractivity contribution in [2.75, 3.05) is 24.5 Å². The monoisotopic (exact) mass is 337 g/mol. The van der Waals surface area contributed by atoms with E-state index in [4.69, 9.17) is 0 Å². The van der Waals surface area contributed by atoms with Crippen LogP contribution in [0.2, 0.25) is 0 Å². The van der Waals surface area contributed by atoms with Gasteiger partial charge in [0, 0.05) is 31.4 Å². The van der Waals surface area contributed by atoms with Gasteiger partial charge in [-0.3, -0.25) is 4.79 Å². The summed E-state index contributed by atoms with van der Waals surface area (Å²) >= 11 is 0. The average Bonchev–Trinajstić information content (AvgIpc) is 2.69. The van der Waals surface area contributed by atoms with E-state index in [0.717, 1.165) is 55.8 Å². The molecule has 1 amide bonds. The number of hydrogen-bond acceptors (Lipinski definition) is 3. The maximum absolute atomic E-state index is 12.9. The minimum Gasteiger partial charge on any atom is -0.357 e. The number of likely N-dealkylation sites (tertiary alicyclic amines) is 1. The predicted molar refractivity (Wildman–Crippen MR) is 102 cm³/mol. The number of nitrogens with zero attached hydrogens (tertiary/aromatic N) is 3. The summed E-state index contributed by atoms with van der Waals surface area (Å²) in [6.07, 6.45) is 5.18. The summed E-state index contributed by atoms with van der Waals surface area (Å²) in [5.41, 5.74) is 1.90. The fraction of sp³-hybridized carbons (Fsp3) is 0.429. The molecule has 4 nitrogen and oxygen atoms in total. The van der Waals surface area contributed by atoms with Gasteiger partial charge < -0.3 is 9.80 Å². The summed E-state index contributed by atoms with van der Waals surface area (Å²) in [5, 5.41) is 0. The van der Waals surface area contributed by atoms with Crippen molar-refractivity contribution in [3.8, 4) is 0 Å². The van der Waals surface area contributed by atoms with Crippen LogP contribution >= 0.6 is 0 Å². The van der Waals surface area contributed by atoms with Gasteiger partial charge in [0.1, 0.15) is 5.82 Å². The molecule has 1 aromatic carbocycles. The SMILES string of the molecule is CCN(CC)c1ccc([C@H]2CCCCN2C(=O)c2ccccc2)cn1. The zero-order valence-electron chi connectivity index (χ0n) is 15.2. The fourth-order valence-corrected chi connectivity index (χ4v) is 3.60. The Bertz CT molecular complexity index is 680. The van der Waals surface area contributed by atoms with Gasteiger partial charge in [0.2, 0.25) is 0 Å². The third-order valence-electron chi connectivity index (χ3n) is 5.03. The normalized spacial score (nSPS) is 17.4. The first-order chi connectivity index (χ1) is 12.2. The van der Waals surface area contributed by atoms with Gasteiger partial charge in [-0.15, -0.1) is 0 Å².